The number of likely N-dealkylation sites (tertiary alicyclic amines) is 1. The maximum Gasteiger partial charge on any atom is 0.407 e. The second kappa shape index (κ2) is 5.67. The van der Waals surface area contributed by atoms with Crippen LogP contribution < -0.4 is 0 Å². The highest BCUT2D eigenvalue weighted by molar-refractivity contribution is 5.83. The summed E-state index contributed by atoms with van der Waals surface area (Å²) in [4.78, 5) is 24.0. The molecule has 0 bridgehead atoms. The van der Waals surface area contributed by atoms with Gasteiger partial charge in [0.15, 0.2) is 0 Å². The lowest BCUT2D eigenvalue weighted by molar-refractivity contribution is -0.125. The number of hydrogen-bond acceptors (Lipinski definition) is 2. The molecule has 0 radical (unpaired) electrons. The van der Waals surface area contributed by atoms with E-state index in [0.717, 1.165) is 12.8 Å². The molecule has 96 valence electrons. The molecule has 1 aliphatic rings. The molecule has 18 heavy (non-hydrogen) atoms. The van der Waals surface area contributed by atoms with Crippen molar-refractivity contribution in [2.75, 3.05) is 13.1 Å². The molecule has 1 heterocycles. The topological polar surface area (TPSA) is 57.6 Å². The SMILES string of the molecule is O=C1CCN(C(=O)O)CC1CCc1ccccc1. The fourth-order valence-electron chi connectivity index (χ4n) is 2.32. The second-order valence-corrected chi connectivity index (χ2v) is 4.67. The molecule has 1 unspecified atom stereocenters. The molecule has 0 spiro atoms. The number of aryl methyl sites for hydroxylation is 1. The van der Waals surface area contributed by atoms with Crippen LogP contribution in [-0.2, 0) is 11.2 Å². The third-order valence-electron chi connectivity index (χ3n) is 3.42. The van der Waals surface area contributed by atoms with Gasteiger partial charge in [-0.3, -0.25) is 4.79 Å². The predicted octanol–water partition coefficient (Wildman–Crippen LogP) is 2.19. The average Bonchev–Trinajstić information content (AvgIpc) is 2.38. The summed E-state index contributed by atoms with van der Waals surface area (Å²) in [5.74, 6) is 0.0542. The number of carbonyl (C=O) groups excluding carboxylic acids is 1. The monoisotopic (exact) mass is 247 g/mol. The van der Waals surface area contributed by atoms with Gasteiger partial charge in [-0.1, -0.05) is 30.3 Å². The Morgan fingerprint density at radius 3 is 2.72 bits per heavy atom. The van der Waals surface area contributed by atoms with E-state index in [4.69, 9.17) is 5.11 Å². The molecule has 1 fully saturated rings. The van der Waals surface area contributed by atoms with E-state index in [1.54, 1.807) is 0 Å². The molecule has 1 atom stereocenters. The van der Waals surface area contributed by atoms with Crippen LogP contribution in [0, 0.1) is 5.92 Å². The lowest BCUT2D eigenvalue weighted by atomic mass is 9.90. The Morgan fingerprint density at radius 2 is 2.06 bits per heavy atom. The van der Waals surface area contributed by atoms with Crippen molar-refractivity contribution < 1.29 is 14.7 Å². The highest BCUT2D eigenvalue weighted by atomic mass is 16.4. The van der Waals surface area contributed by atoms with Gasteiger partial charge in [0.05, 0.1) is 0 Å². The van der Waals surface area contributed by atoms with E-state index in [0.29, 0.717) is 19.5 Å². The third kappa shape index (κ3) is 3.09. The summed E-state index contributed by atoms with van der Waals surface area (Å²) in [5, 5.41) is 8.94. The molecule has 0 aliphatic carbocycles. The van der Waals surface area contributed by atoms with Crippen LogP contribution in [0.3, 0.4) is 0 Å². The summed E-state index contributed by atoms with van der Waals surface area (Å²) < 4.78 is 0. The zero-order valence-electron chi connectivity index (χ0n) is 10.2. The molecule has 1 amide bonds. The standard InChI is InChI=1S/C14H17NO3/c16-13-8-9-15(14(17)18)10-12(13)7-6-11-4-2-1-3-5-11/h1-5,12H,6-10H2,(H,17,18). The molecular formula is C14H17NO3. The smallest absolute Gasteiger partial charge is 0.407 e. The van der Waals surface area contributed by atoms with E-state index in [2.05, 4.69) is 0 Å². The van der Waals surface area contributed by atoms with Gasteiger partial charge in [-0.05, 0) is 18.4 Å². The molecule has 1 aromatic carbocycles. The van der Waals surface area contributed by atoms with Crippen LogP contribution in [0.25, 0.3) is 0 Å². The van der Waals surface area contributed by atoms with Gasteiger partial charge in [-0.15, -0.1) is 0 Å². The normalized spacial score (nSPS) is 19.9. The Balaban J connectivity index is 1.91. The van der Waals surface area contributed by atoms with Crippen LogP contribution in [0.2, 0.25) is 0 Å². The zero-order valence-corrected chi connectivity index (χ0v) is 10.2. The van der Waals surface area contributed by atoms with Crippen molar-refractivity contribution in [3.63, 3.8) is 0 Å². The number of nitrogens with zero attached hydrogens (tertiary/aromatic N) is 1. The van der Waals surface area contributed by atoms with Gasteiger partial charge in [-0.2, -0.15) is 0 Å². The van der Waals surface area contributed by atoms with Crippen molar-refractivity contribution in [3.05, 3.63) is 35.9 Å². The van der Waals surface area contributed by atoms with Crippen LogP contribution in [0.15, 0.2) is 30.3 Å². The van der Waals surface area contributed by atoms with Gasteiger partial charge in [0.1, 0.15) is 5.78 Å². The summed E-state index contributed by atoms with van der Waals surface area (Å²) >= 11 is 0. The van der Waals surface area contributed by atoms with Gasteiger partial charge < -0.3 is 10.0 Å². The van der Waals surface area contributed by atoms with E-state index >= 15 is 0 Å². The van der Waals surface area contributed by atoms with Crippen LogP contribution in [0.5, 0.6) is 0 Å². The van der Waals surface area contributed by atoms with Crippen molar-refractivity contribution in [2.24, 2.45) is 5.92 Å². The molecule has 1 aromatic rings. The minimum Gasteiger partial charge on any atom is -0.465 e. The fraction of sp³-hybridized carbons (Fsp3) is 0.429. The van der Waals surface area contributed by atoms with Crippen molar-refractivity contribution >= 4 is 11.9 Å². The molecule has 1 N–H and O–H groups in total. The Kier molecular flexibility index (Phi) is 3.97. The summed E-state index contributed by atoms with van der Waals surface area (Å²) in [6, 6.07) is 9.97. The quantitative estimate of drug-likeness (QED) is 0.890. The average molecular weight is 247 g/mol. The number of ketones is 1. The molecule has 4 heteroatoms. The number of rotatable bonds is 3. The number of Topliss-reactive ketones (excluding diaryl/α,β-unsaturated/α-hetero) is 1. The maximum atomic E-state index is 11.8. The van der Waals surface area contributed by atoms with Gasteiger partial charge in [0.2, 0.25) is 0 Å². The third-order valence-corrected chi connectivity index (χ3v) is 3.42. The first-order valence-corrected chi connectivity index (χ1v) is 6.21. The van der Waals surface area contributed by atoms with Gasteiger partial charge in [0.25, 0.3) is 0 Å². The minimum absolute atomic E-state index is 0.143. The maximum absolute atomic E-state index is 11.8. The van der Waals surface area contributed by atoms with Crippen molar-refractivity contribution in [1.82, 2.24) is 4.90 Å². The Morgan fingerprint density at radius 1 is 1.33 bits per heavy atom. The highest BCUT2D eigenvalue weighted by Crippen LogP contribution is 2.18. The van der Waals surface area contributed by atoms with Crippen LogP contribution >= 0.6 is 0 Å². The summed E-state index contributed by atoms with van der Waals surface area (Å²) in [7, 11) is 0. The number of hydrogen-bond donors (Lipinski definition) is 1. The number of benzene rings is 1. The summed E-state index contributed by atoms with van der Waals surface area (Å²) in [6.07, 6.45) is 0.982. The number of amides is 1. The fourth-order valence-corrected chi connectivity index (χ4v) is 2.32. The van der Waals surface area contributed by atoms with Gasteiger partial charge in [0, 0.05) is 25.4 Å². The first-order chi connectivity index (χ1) is 8.66. The molecule has 0 aromatic heterocycles. The molecule has 0 saturated carbocycles. The first kappa shape index (κ1) is 12.6. The Bertz CT molecular complexity index is 430. The lowest BCUT2D eigenvalue weighted by Crippen LogP contribution is -2.43. The molecular weight excluding hydrogens is 230 g/mol. The molecule has 4 nitrogen and oxygen atoms in total. The lowest BCUT2D eigenvalue weighted by Gasteiger charge is -2.29. The van der Waals surface area contributed by atoms with Crippen LogP contribution in [0.1, 0.15) is 18.4 Å². The predicted molar refractivity (Wildman–Crippen MR) is 67.5 cm³/mol. The van der Waals surface area contributed by atoms with E-state index in [-0.39, 0.29) is 11.7 Å². The summed E-state index contributed by atoms with van der Waals surface area (Å²) in [5.41, 5.74) is 1.19. The Hall–Kier alpha value is -1.84. The van der Waals surface area contributed by atoms with Crippen molar-refractivity contribution in [1.29, 1.82) is 0 Å². The molecule has 1 saturated heterocycles. The van der Waals surface area contributed by atoms with E-state index in [1.165, 1.54) is 10.5 Å². The van der Waals surface area contributed by atoms with Gasteiger partial charge in [-0.25, -0.2) is 4.79 Å². The number of piperidine rings is 1. The highest BCUT2D eigenvalue weighted by Gasteiger charge is 2.29. The Labute approximate surface area is 106 Å². The second-order valence-electron chi connectivity index (χ2n) is 4.67. The van der Waals surface area contributed by atoms with E-state index < -0.39 is 6.09 Å². The number of carbonyl (C=O) groups is 2. The van der Waals surface area contributed by atoms with Gasteiger partial charge >= 0.3 is 6.09 Å². The van der Waals surface area contributed by atoms with E-state index in [9.17, 15) is 9.59 Å². The molecule has 2 rings (SSSR count). The van der Waals surface area contributed by atoms with Crippen LogP contribution in [-0.4, -0.2) is 35.0 Å². The first-order valence-electron chi connectivity index (χ1n) is 6.21. The molecule has 1 aliphatic heterocycles. The van der Waals surface area contributed by atoms with E-state index in [1.807, 2.05) is 30.3 Å². The summed E-state index contributed by atoms with van der Waals surface area (Å²) in [6.45, 7) is 0.691. The van der Waals surface area contributed by atoms with Crippen molar-refractivity contribution in [3.8, 4) is 0 Å². The zero-order chi connectivity index (χ0) is 13.0. The van der Waals surface area contributed by atoms with Crippen molar-refractivity contribution in [2.45, 2.75) is 19.3 Å². The largest absolute Gasteiger partial charge is 0.465 e. The van der Waals surface area contributed by atoms with Crippen LogP contribution in [0.4, 0.5) is 4.79 Å². The number of carboxylic acid groups (broad SMARTS) is 1. The minimum atomic E-state index is -0.924.